The number of nitrogens with zero attached hydrogens (tertiary/aromatic N) is 3. The van der Waals surface area contributed by atoms with Crippen LogP contribution in [-0.4, -0.2) is 34.5 Å². The Hall–Kier alpha value is -4.93. The van der Waals surface area contributed by atoms with E-state index < -0.39 is 17.5 Å². The largest absolute Gasteiger partial charge is 0.573 e. The van der Waals surface area contributed by atoms with E-state index in [9.17, 15) is 18.0 Å². The minimum absolute atomic E-state index is 0.0657. The Balaban J connectivity index is 1.70. The van der Waals surface area contributed by atoms with Crippen LogP contribution in [0.2, 0.25) is 0 Å². The Morgan fingerprint density at radius 2 is 1.92 bits per heavy atom. The molecule has 0 radical (unpaired) electrons. The molecule has 0 bridgehead atoms. The monoisotopic (exact) mass is 507 g/mol. The molecule has 2 heterocycles. The lowest BCUT2D eigenvalue weighted by Gasteiger charge is -2.15. The van der Waals surface area contributed by atoms with Gasteiger partial charge in [0, 0.05) is 42.0 Å². The molecule has 0 unspecified atom stereocenters. The maximum absolute atomic E-state index is 12.7. The number of methoxy groups -OCH3 is 1. The number of halogens is 3. The van der Waals surface area contributed by atoms with Gasteiger partial charge in [0.25, 0.3) is 0 Å². The molecule has 0 aliphatic rings. The number of allylic oxidation sites excluding steroid dienone is 1. The van der Waals surface area contributed by atoms with Crippen LogP contribution in [0.4, 0.5) is 18.9 Å². The third kappa shape index (κ3) is 6.20. The van der Waals surface area contributed by atoms with Crippen LogP contribution in [0, 0.1) is 5.41 Å². The van der Waals surface area contributed by atoms with E-state index in [1.54, 1.807) is 18.3 Å². The highest BCUT2D eigenvalue weighted by Crippen LogP contribution is 2.29. The lowest BCUT2D eigenvalue weighted by Crippen LogP contribution is -2.19. The highest BCUT2D eigenvalue weighted by Gasteiger charge is 2.31. The molecule has 0 spiro atoms. The summed E-state index contributed by atoms with van der Waals surface area (Å²) in [7, 11) is 1.50. The predicted octanol–water partition coefficient (Wildman–Crippen LogP) is 5.30. The summed E-state index contributed by atoms with van der Waals surface area (Å²) in [5, 5.41) is 14.8. The van der Waals surface area contributed by atoms with Crippen LogP contribution in [0.25, 0.3) is 22.6 Å². The Kier molecular flexibility index (Phi) is 7.33. The van der Waals surface area contributed by atoms with E-state index in [0.29, 0.717) is 11.4 Å². The fraction of sp³-hybridized carbons (Fsp3) is 0.0769. The molecule has 37 heavy (non-hydrogen) atoms. The van der Waals surface area contributed by atoms with E-state index in [1.807, 2.05) is 24.3 Å². The van der Waals surface area contributed by atoms with Gasteiger partial charge in [-0.05, 0) is 42.5 Å². The highest BCUT2D eigenvalue weighted by atomic mass is 19.4. The minimum Gasteiger partial charge on any atom is -0.494 e. The van der Waals surface area contributed by atoms with Gasteiger partial charge in [0.2, 0.25) is 5.43 Å². The van der Waals surface area contributed by atoms with Gasteiger partial charge in [0.05, 0.1) is 18.5 Å². The highest BCUT2D eigenvalue weighted by molar-refractivity contribution is 5.87. The molecule has 0 aliphatic carbocycles. The second-order valence-electron chi connectivity index (χ2n) is 7.52. The second kappa shape index (κ2) is 10.8. The van der Waals surface area contributed by atoms with Crippen molar-refractivity contribution in [3.05, 3.63) is 101 Å². The molecule has 2 aromatic carbocycles. The quantitative estimate of drug-likeness (QED) is 0.314. The van der Waals surface area contributed by atoms with Crippen molar-refractivity contribution in [2.75, 3.05) is 12.4 Å². The maximum Gasteiger partial charge on any atom is 0.573 e. The molecular weight excluding hydrogens is 487 g/mol. The number of hydrogen-bond acceptors (Lipinski definition) is 7. The SMILES string of the molecule is COc1cc(-c2ccccn2)ccc1-n1ccc(=O)c(/C(=C/C=N)Nc2cccc(OC(F)(F)F)c2)n1. The Bertz CT molecular complexity index is 1500. The van der Waals surface area contributed by atoms with Crippen LogP contribution in [0.5, 0.6) is 11.5 Å². The van der Waals surface area contributed by atoms with Crippen LogP contribution in [-0.2, 0) is 0 Å². The zero-order chi connectivity index (χ0) is 26.4. The van der Waals surface area contributed by atoms with Crippen molar-refractivity contribution in [1.82, 2.24) is 14.8 Å². The first-order valence-corrected chi connectivity index (χ1v) is 10.8. The summed E-state index contributed by atoms with van der Waals surface area (Å²) < 4.78 is 48.8. The van der Waals surface area contributed by atoms with E-state index >= 15 is 0 Å². The van der Waals surface area contributed by atoms with Crippen molar-refractivity contribution in [1.29, 1.82) is 5.41 Å². The molecular formula is C26H20F3N5O3. The third-order valence-corrected chi connectivity index (χ3v) is 5.05. The summed E-state index contributed by atoms with van der Waals surface area (Å²) >= 11 is 0. The van der Waals surface area contributed by atoms with Gasteiger partial charge in [-0.2, -0.15) is 5.10 Å². The molecule has 2 aromatic heterocycles. The number of alkyl halides is 3. The first-order valence-electron chi connectivity index (χ1n) is 10.8. The summed E-state index contributed by atoms with van der Waals surface area (Å²) in [6.07, 6.45) is 0.488. The second-order valence-corrected chi connectivity index (χ2v) is 7.52. The van der Waals surface area contributed by atoms with Gasteiger partial charge in [-0.15, -0.1) is 13.2 Å². The number of nitrogens with one attached hydrogen (secondary N) is 2. The topological polar surface area (TPSA) is 102 Å². The molecule has 11 heteroatoms. The van der Waals surface area contributed by atoms with Gasteiger partial charge in [0.15, 0.2) is 5.69 Å². The smallest absolute Gasteiger partial charge is 0.494 e. The normalized spacial score (nSPS) is 11.6. The van der Waals surface area contributed by atoms with Crippen molar-refractivity contribution in [3.63, 3.8) is 0 Å². The molecule has 0 aliphatic heterocycles. The molecule has 4 rings (SSSR count). The fourth-order valence-electron chi connectivity index (χ4n) is 3.48. The molecule has 4 aromatic rings. The number of aromatic nitrogens is 3. The molecule has 8 nitrogen and oxygen atoms in total. The number of benzene rings is 2. The minimum atomic E-state index is -4.86. The van der Waals surface area contributed by atoms with Crippen molar-refractivity contribution in [2.24, 2.45) is 0 Å². The van der Waals surface area contributed by atoms with Crippen LogP contribution >= 0.6 is 0 Å². The lowest BCUT2D eigenvalue weighted by molar-refractivity contribution is -0.274. The van der Waals surface area contributed by atoms with E-state index in [-0.39, 0.29) is 17.1 Å². The van der Waals surface area contributed by atoms with Gasteiger partial charge in [-0.25, -0.2) is 4.68 Å². The lowest BCUT2D eigenvalue weighted by atomic mass is 10.1. The number of anilines is 1. The fourth-order valence-corrected chi connectivity index (χ4v) is 3.48. The molecule has 0 atom stereocenters. The number of ether oxygens (including phenoxy) is 2. The summed E-state index contributed by atoms with van der Waals surface area (Å²) in [5.41, 5.74) is 1.85. The van der Waals surface area contributed by atoms with Gasteiger partial charge >= 0.3 is 6.36 Å². The standard InChI is InChI=1S/C26H20F3N5O3/c1-36-24-15-17(20-7-2-3-13-31-20)8-9-22(24)34-14-11-23(35)25(33-34)21(10-12-30)32-18-5-4-6-19(16-18)37-26(27,28)29/h2-16,30,32H,1H3/b21-10-,30-12?. The van der Waals surface area contributed by atoms with E-state index in [4.69, 9.17) is 10.1 Å². The number of pyridine rings is 1. The Morgan fingerprint density at radius 1 is 1.08 bits per heavy atom. The summed E-state index contributed by atoms with van der Waals surface area (Å²) in [6, 6.07) is 17.3. The van der Waals surface area contributed by atoms with Gasteiger partial charge in [-0.1, -0.05) is 18.2 Å². The van der Waals surface area contributed by atoms with Crippen LogP contribution < -0.4 is 20.2 Å². The van der Waals surface area contributed by atoms with Crippen LogP contribution in [0.1, 0.15) is 5.69 Å². The number of rotatable bonds is 8. The zero-order valence-corrected chi connectivity index (χ0v) is 19.4. The molecule has 188 valence electrons. The molecule has 2 N–H and O–H groups in total. The average molecular weight is 507 g/mol. The molecule has 0 amide bonds. The summed E-state index contributed by atoms with van der Waals surface area (Å²) in [6.45, 7) is 0. The average Bonchev–Trinajstić information content (AvgIpc) is 2.88. The van der Waals surface area contributed by atoms with Gasteiger partial charge in [-0.3, -0.25) is 9.78 Å². The summed E-state index contributed by atoms with van der Waals surface area (Å²) in [5.74, 6) is 0.0238. The van der Waals surface area contributed by atoms with Crippen molar-refractivity contribution in [3.8, 4) is 28.4 Å². The van der Waals surface area contributed by atoms with Crippen molar-refractivity contribution < 1.29 is 22.6 Å². The van der Waals surface area contributed by atoms with Crippen LogP contribution in [0.3, 0.4) is 0 Å². The van der Waals surface area contributed by atoms with Gasteiger partial charge in [0.1, 0.15) is 17.2 Å². The maximum atomic E-state index is 12.7. The van der Waals surface area contributed by atoms with Crippen LogP contribution in [0.15, 0.2) is 90.0 Å². The van der Waals surface area contributed by atoms with E-state index in [0.717, 1.165) is 29.6 Å². The van der Waals surface area contributed by atoms with Gasteiger partial charge < -0.3 is 20.2 Å². The van der Waals surface area contributed by atoms with Crippen molar-refractivity contribution in [2.45, 2.75) is 6.36 Å². The predicted molar refractivity (Wildman–Crippen MR) is 133 cm³/mol. The van der Waals surface area contributed by atoms with E-state index in [2.05, 4.69) is 20.1 Å². The number of hydrogen-bond donors (Lipinski definition) is 2. The molecule has 0 saturated heterocycles. The Labute approximate surface area is 209 Å². The van der Waals surface area contributed by atoms with Crippen molar-refractivity contribution >= 4 is 17.6 Å². The Morgan fingerprint density at radius 3 is 2.62 bits per heavy atom. The third-order valence-electron chi connectivity index (χ3n) is 5.05. The first-order chi connectivity index (χ1) is 17.8. The summed E-state index contributed by atoms with van der Waals surface area (Å²) in [4.78, 5) is 17.0. The zero-order valence-electron chi connectivity index (χ0n) is 19.4. The molecule has 0 saturated carbocycles. The van der Waals surface area contributed by atoms with E-state index in [1.165, 1.54) is 42.3 Å². The molecule has 0 fully saturated rings. The first kappa shape index (κ1) is 25.2.